The lowest BCUT2D eigenvalue weighted by Gasteiger charge is -2.56. The molecule has 0 aliphatic heterocycles. The summed E-state index contributed by atoms with van der Waals surface area (Å²) in [6.45, 7) is 7.12. The van der Waals surface area contributed by atoms with E-state index in [1.54, 1.807) is 11.8 Å². The Labute approximate surface area is 177 Å². The number of hydrogen-bond acceptors (Lipinski definition) is 5. The third kappa shape index (κ3) is 4.25. The van der Waals surface area contributed by atoms with E-state index in [2.05, 4.69) is 28.6 Å². The summed E-state index contributed by atoms with van der Waals surface area (Å²) in [5.41, 5.74) is 5.23. The number of thioether (sulfide) groups is 1. The lowest BCUT2D eigenvalue weighted by Crippen LogP contribution is -2.51. The molecule has 4 fully saturated rings. The molecule has 0 saturated heterocycles. The van der Waals surface area contributed by atoms with Crippen molar-refractivity contribution >= 4 is 23.5 Å². The zero-order valence-electron chi connectivity index (χ0n) is 17.9. The van der Waals surface area contributed by atoms with Crippen LogP contribution < -0.4 is 5.73 Å². The predicted octanol–water partition coefficient (Wildman–Crippen LogP) is 3.62. The molecule has 0 unspecified atom stereocenters. The second-order valence-electron chi connectivity index (χ2n) is 10.2. The molecule has 29 heavy (non-hydrogen) atoms. The number of ketones is 1. The van der Waals surface area contributed by atoms with Crippen LogP contribution in [-0.4, -0.2) is 31.7 Å². The van der Waals surface area contributed by atoms with Crippen LogP contribution in [0.3, 0.4) is 0 Å². The molecular weight excluding hydrogens is 384 g/mol. The Morgan fingerprint density at radius 1 is 1.10 bits per heavy atom. The average Bonchev–Trinajstić information content (AvgIpc) is 2.99. The van der Waals surface area contributed by atoms with Crippen molar-refractivity contribution in [2.45, 2.75) is 89.1 Å². The molecule has 6 nitrogen and oxygen atoms in total. The zero-order chi connectivity index (χ0) is 20.8. The Hall–Kier alpha value is -1.37. The van der Waals surface area contributed by atoms with E-state index >= 15 is 0 Å². The molecule has 4 saturated carbocycles. The summed E-state index contributed by atoms with van der Waals surface area (Å²) in [4.78, 5) is 24.8. The molecule has 1 aromatic rings. The van der Waals surface area contributed by atoms with Gasteiger partial charge in [0.25, 0.3) is 0 Å². The summed E-state index contributed by atoms with van der Waals surface area (Å²) in [6, 6.07) is 0. The summed E-state index contributed by atoms with van der Waals surface area (Å²) < 4.78 is 2.09. The summed E-state index contributed by atoms with van der Waals surface area (Å²) in [5.74, 6) is 3.62. The van der Waals surface area contributed by atoms with Crippen LogP contribution in [0.25, 0.3) is 0 Å². The van der Waals surface area contributed by atoms with Crippen LogP contribution in [0.4, 0.5) is 0 Å². The molecular formula is C22H34N4O2S. The van der Waals surface area contributed by atoms with Crippen molar-refractivity contribution in [2.24, 2.45) is 34.8 Å². The Morgan fingerprint density at radius 2 is 1.69 bits per heavy atom. The Kier molecular flexibility index (Phi) is 5.79. The first kappa shape index (κ1) is 20.9. The fraction of sp³-hybridized carbons (Fsp3) is 0.818. The maximum Gasteiger partial charge on any atom is 0.217 e. The van der Waals surface area contributed by atoms with Crippen LogP contribution in [0.2, 0.25) is 0 Å². The quantitative estimate of drug-likeness (QED) is 0.619. The molecule has 7 heteroatoms. The SMILES string of the molecule is CC(C)Cn1c(CCC(N)=O)nnc1S[C@@H](C)C(=O)C12CC3CC(CC(C3)C1)C2. The number of aryl methyl sites for hydroxylation is 1. The smallest absolute Gasteiger partial charge is 0.217 e. The number of aromatic nitrogens is 3. The summed E-state index contributed by atoms with van der Waals surface area (Å²) in [5, 5.41) is 9.38. The topological polar surface area (TPSA) is 90.9 Å². The van der Waals surface area contributed by atoms with Crippen molar-refractivity contribution in [1.29, 1.82) is 0 Å². The van der Waals surface area contributed by atoms with Crippen LogP contribution in [0.15, 0.2) is 5.16 Å². The standard InChI is InChI=1S/C22H34N4O2S/c1-13(2)12-26-19(5-4-18(23)27)24-25-21(26)29-14(3)20(28)22-9-15-6-16(10-22)8-17(7-15)11-22/h13-17H,4-12H2,1-3H3,(H2,23,27)/t14-,15?,16?,17?,22?/m0/s1. The molecule has 160 valence electrons. The van der Waals surface area contributed by atoms with E-state index in [9.17, 15) is 9.59 Å². The van der Waals surface area contributed by atoms with E-state index in [1.807, 2.05) is 6.92 Å². The van der Waals surface area contributed by atoms with Gasteiger partial charge in [-0.2, -0.15) is 0 Å². The van der Waals surface area contributed by atoms with Crippen molar-refractivity contribution in [3.63, 3.8) is 0 Å². The van der Waals surface area contributed by atoms with Crippen molar-refractivity contribution in [2.75, 3.05) is 0 Å². The molecule has 4 aliphatic carbocycles. The van der Waals surface area contributed by atoms with E-state index in [0.717, 1.165) is 54.5 Å². The van der Waals surface area contributed by atoms with Gasteiger partial charge in [-0.05, 0) is 69.1 Å². The van der Waals surface area contributed by atoms with Gasteiger partial charge in [-0.1, -0.05) is 25.6 Å². The van der Waals surface area contributed by atoms with Gasteiger partial charge in [-0.3, -0.25) is 9.59 Å². The molecule has 0 spiro atoms. The molecule has 4 bridgehead atoms. The number of carbonyl (C=O) groups is 2. The third-order valence-corrected chi connectivity index (χ3v) is 8.23. The van der Waals surface area contributed by atoms with Crippen molar-refractivity contribution < 1.29 is 9.59 Å². The number of rotatable bonds is 9. The Bertz CT molecular complexity index is 752. The van der Waals surface area contributed by atoms with Crippen molar-refractivity contribution in [3.8, 4) is 0 Å². The number of nitrogens with zero attached hydrogens (tertiary/aromatic N) is 3. The highest BCUT2D eigenvalue weighted by Crippen LogP contribution is 2.61. The first-order valence-electron chi connectivity index (χ1n) is 11.2. The van der Waals surface area contributed by atoms with Crippen molar-refractivity contribution in [1.82, 2.24) is 14.8 Å². The van der Waals surface area contributed by atoms with Gasteiger partial charge in [0.2, 0.25) is 5.91 Å². The minimum atomic E-state index is -0.330. The summed E-state index contributed by atoms with van der Waals surface area (Å²) in [6.07, 6.45) is 8.11. The molecule has 1 heterocycles. The zero-order valence-corrected chi connectivity index (χ0v) is 18.7. The highest BCUT2D eigenvalue weighted by atomic mass is 32.2. The predicted molar refractivity (Wildman–Crippen MR) is 113 cm³/mol. The van der Waals surface area contributed by atoms with Gasteiger partial charge < -0.3 is 10.3 Å². The van der Waals surface area contributed by atoms with E-state index in [4.69, 9.17) is 5.73 Å². The van der Waals surface area contributed by atoms with E-state index in [-0.39, 0.29) is 23.0 Å². The van der Waals surface area contributed by atoms with Gasteiger partial charge in [0, 0.05) is 24.8 Å². The van der Waals surface area contributed by atoms with Gasteiger partial charge in [-0.25, -0.2) is 0 Å². The van der Waals surface area contributed by atoms with Gasteiger partial charge in [0.15, 0.2) is 10.9 Å². The normalized spacial score (nSPS) is 31.4. The maximum absolute atomic E-state index is 13.6. The molecule has 1 atom stereocenters. The van der Waals surface area contributed by atoms with Gasteiger partial charge in [0.1, 0.15) is 5.82 Å². The second-order valence-corrected chi connectivity index (χ2v) is 11.5. The highest BCUT2D eigenvalue weighted by molar-refractivity contribution is 8.00. The van der Waals surface area contributed by atoms with Gasteiger partial charge in [0.05, 0.1) is 5.25 Å². The average molecular weight is 419 g/mol. The van der Waals surface area contributed by atoms with Crippen LogP contribution in [0, 0.1) is 29.1 Å². The second kappa shape index (κ2) is 8.05. The largest absolute Gasteiger partial charge is 0.370 e. The maximum atomic E-state index is 13.6. The lowest BCUT2D eigenvalue weighted by molar-refractivity contribution is -0.143. The number of hydrogen-bond donors (Lipinski definition) is 1. The first-order valence-corrected chi connectivity index (χ1v) is 12.0. The monoisotopic (exact) mass is 418 g/mol. The van der Waals surface area contributed by atoms with Crippen LogP contribution in [-0.2, 0) is 22.6 Å². The van der Waals surface area contributed by atoms with Crippen LogP contribution in [0.5, 0.6) is 0 Å². The molecule has 0 aromatic carbocycles. The fourth-order valence-corrected chi connectivity index (χ4v) is 7.50. The number of Topliss-reactive ketones (excluding diaryl/α,β-unsaturated/α-hetero) is 1. The van der Waals surface area contributed by atoms with Crippen molar-refractivity contribution in [3.05, 3.63) is 5.82 Å². The summed E-state index contributed by atoms with van der Waals surface area (Å²) >= 11 is 1.55. The van der Waals surface area contributed by atoms with Gasteiger partial charge >= 0.3 is 0 Å². The van der Waals surface area contributed by atoms with E-state index < -0.39 is 0 Å². The van der Waals surface area contributed by atoms with Crippen LogP contribution >= 0.6 is 11.8 Å². The molecule has 1 amide bonds. The summed E-state index contributed by atoms with van der Waals surface area (Å²) in [7, 11) is 0. The van der Waals surface area contributed by atoms with E-state index in [0.29, 0.717) is 18.1 Å². The first-order chi connectivity index (χ1) is 13.8. The number of primary amides is 1. The Balaban J connectivity index is 1.49. The molecule has 2 N–H and O–H groups in total. The van der Waals surface area contributed by atoms with Gasteiger partial charge in [-0.15, -0.1) is 10.2 Å². The molecule has 0 radical (unpaired) electrons. The number of nitrogens with two attached hydrogens (primary N) is 1. The lowest BCUT2D eigenvalue weighted by atomic mass is 9.48. The minimum Gasteiger partial charge on any atom is -0.370 e. The Morgan fingerprint density at radius 3 is 2.21 bits per heavy atom. The van der Waals surface area contributed by atoms with Crippen LogP contribution in [0.1, 0.15) is 71.5 Å². The number of amides is 1. The van der Waals surface area contributed by atoms with E-state index in [1.165, 1.54) is 19.3 Å². The minimum absolute atomic E-state index is 0.0845. The number of carbonyl (C=O) groups excluding carboxylic acids is 2. The molecule has 4 aliphatic rings. The molecule has 5 rings (SSSR count). The fourth-order valence-electron chi connectivity index (χ4n) is 6.43. The molecule has 1 aromatic heterocycles. The highest BCUT2D eigenvalue weighted by Gasteiger charge is 2.55. The third-order valence-electron chi connectivity index (χ3n) is 7.15.